The third-order valence-corrected chi connectivity index (χ3v) is 14.5. The van der Waals surface area contributed by atoms with Gasteiger partial charge in [-0.1, -0.05) is 94.5 Å². The van der Waals surface area contributed by atoms with Crippen LogP contribution in [0.3, 0.4) is 0 Å². The number of hydrogen-bond donors (Lipinski definition) is 4. The number of alkyl halides is 12. The summed E-state index contributed by atoms with van der Waals surface area (Å²) < 4.78 is 197. The Kier molecular flexibility index (Phi) is 30.2. The normalized spacial score (nSPS) is 11.1. The Balaban J connectivity index is 0.000000197. The largest absolute Gasteiger partial charge is 0.573 e. The molecule has 0 aliphatic rings. The van der Waals surface area contributed by atoms with Crippen molar-refractivity contribution in [3.05, 3.63) is 214 Å². The maximum absolute atomic E-state index is 12.6. The first-order valence-corrected chi connectivity index (χ1v) is 32.0. The number of carboxylic acid groups (broad SMARTS) is 2. The van der Waals surface area contributed by atoms with E-state index in [0.717, 1.165) is 58.8 Å². The van der Waals surface area contributed by atoms with E-state index in [1.807, 2.05) is 24.3 Å². The molecule has 4 heterocycles. The summed E-state index contributed by atoms with van der Waals surface area (Å²) in [6.07, 6.45) is -19.3. The molecule has 1 radical (unpaired) electrons. The number of benzene rings is 7. The molecule has 0 spiro atoms. The van der Waals surface area contributed by atoms with E-state index in [-0.39, 0.29) is 82.0 Å². The van der Waals surface area contributed by atoms with Gasteiger partial charge in [-0.05, 0) is 131 Å². The minimum atomic E-state index is -4.87. The van der Waals surface area contributed by atoms with Gasteiger partial charge in [0.05, 0.1) is 54.2 Å². The van der Waals surface area contributed by atoms with Crippen LogP contribution in [-0.2, 0) is 29.1 Å². The summed E-state index contributed by atoms with van der Waals surface area (Å²) in [6.45, 7) is 4.67. The molecule has 0 aliphatic carbocycles. The predicted octanol–water partition coefficient (Wildman–Crippen LogP) is 13.5. The van der Waals surface area contributed by atoms with Gasteiger partial charge in [0.25, 0.3) is 0 Å². The molecule has 4 aromatic heterocycles. The molecule has 0 atom stereocenters. The van der Waals surface area contributed by atoms with Gasteiger partial charge in [0.2, 0.25) is 5.69 Å². The molecule has 0 saturated carbocycles. The minimum absolute atomic E-state index is 0.0502. The van der Waals surface area contributed by atoms with Crippen LogP contribution in [0.5, 0.6) is 46.0 Å². The van der Waals surface area contributed by atoms with Gasteiger partial charge in [0.15, 0.2) is 17.1 Å². The van der Waals surface area contributed by atoms with E-state index in [9.17, 15) is 77.0 Å². The Morgan fingerprint density at radius 2 is 0.757 bits per heavy atom. The van der Waals surface area contributed by atoms with Gasteiger partial charge >= 0.3 is 57.0 Å². The van der Waals surface area contributed by atoms with Gasteiger partial charge in [-0.15, -0.1) is 73.1 Å². The van der Waals surface area contributed by atoms with Crippen LogP contribution >= 0.6 is 15.9 Å². The van der Waals surface area contributed by atoms with Crippen molar-refractivity contribution in [2.45, 2.75) is 58.9 Å². The van der Waals surface area contributed by atoms with Crippen molar-refractivity contribution in [1.82, 2.24) is 60.4 Å². The number of aromatic nitrogens is 12. The number of carboxylic acids is 2. The fraction of sp³-hybridized carbons (Fsp3) is 0.206. The number of carbonyl (C=O) groups is 4. The molecule has 43 heteroatoms. The molecule has 0 saturated heterocycles. The Bertz CT molecular complexity index is 4880. The van der Waals surface area contributed by atoms with Crippen molar-refractivity contribution in [1.29, 1.82) is 0 Å². The summed E-state index contributed by atoms with van der Waals surface area (Å²) in [5, 5.41) is 58.7. The van der Waals surface area contributed by atoms with E-state index in [1.54, 1.807) is 81.3 Å². The number of methoxy groups -OCH3 is 3. The second-order valence-electron chi connectivity index (χ2n) is 21.4. The molecule has 0 unspecified atom stereocenters. The van der Waals surface area contributed by atoms with Crippen molar-refractivity contribution in [2.24, 2.45) is 0 Å². The maximum atomic E-state index is 12.6. The zero-order valence-corrected chi connectivity index (χ0v) is 59.3. The van der Waals surface area contributed by atoms with Crippen molar-refractivity contribution >= 4 is 47.5 Å². The fourth-order valence-electron chi connectivity index (χ4n) is 9.25. The number of aromatic carboxylic acids is 2. The van der Waals surface area contributed by atoms with Crippen LogP contribution in [0.2, 0.25) is 0 Å². The van der Waals surface area contributed by atoms with Gasteiger partial charge in [-0.25, -0.2) is 33.2 Å². The topological polar surface area (TPSA) is 355 Å². The molecule has 111 heavy (non-hydrogen) atoms. The first-order valence-electron chi connectivity index (χ1n) is 31.2. The predicted molar refractivity (Wildman–Crippen MR) is 364 cm³/mol. The molecular formula is C68H57BBrF12N12O17. The van der Waals surface area contributed by atoms with E-state index < -0.39 is 72.3 Å². The van der Waals surface area contributed by atoms with Gasteiger partial charge in [0.1, 0.15) is 67.7 Å². The highest BCUT2D eigenvalue weighted by atomic mass is 79.9. The number of nitrogens with one attached hydrogen (secondary N) is 1. The van der Waals surface area contributed by atoms with E-state index in [2.05, 4.69) is 85.9 Å². The molecule has 29 nitrogen and oxygen atoms in total. The van der Waals surface area contributed by atoms with Crippen LogP contribution in [0.1, 0.15) is 72.5 Å². The first kappa shape index (κ1) is 85.3. The summed E-state index contributed by atoms with van der Waals surface area (Å²) in [5.41, 5.74) is 2.74. The molecule has 11 rings (SSSR count). The summed E-state index contributed by atoms with van der Waals surface area (Å²) in [6, 6.07) is 41.5. The fourth-order valence-corrected chi connectivity index (χ4v) is 9.68. The molecule has 0 bridgehead atoms. The van der Waals surface area contributed by atoms with Gasteiger partial charge < -0.3 is 62.5 Å². The first-order chi connectivity index (χ1) is 52.6. The van der Waals surface area contributed by atoms with Crippen LogP contribution in [-0.4, -0.2) is 167 Å². The van der Waals surface area contributed by atoms with Gasteiger partial charge in [-0.3, -0.25) is 0 Å². The summed E-state index contributed by atoms with van der Waals surface area (Å²) in [4.78, 5) is 46.3. The molecule has 0 amide bonds. The van der Waals surface area contributed by atoms with Gasteiger partial charge in [0, 0.05) is 22.8 Å². The Morgan fingerprint density at radius 3 is 1.14 bits per heavy atom. The number of rotatable bonds is 24. The van der Waals surface area contributed by atoms with Crippen LogP contribution in [0.4, 0.5) is 52.7 Å². The molecule has 0 fully saturated rings. The highest BCUT2D eigenvalue weighted by Gasteiger charge is 2.35. The molecular weight excluding hydrogens is 1580 g/mol. The van der Waals surface area contributed by atoms with Crippen molar-refractivity contribution in [3.8, 4) is 79.8 Å². The minimum Gasteiger partial charge on any atom is -0.537 e. The van der Waals surface area contributed by atoms with E-state index in [0.29, 0.717) is 36.9 Å². The van der Waals surface area contributed by atoms with E-state index in [1.165, 1.54) is 77.1 Å². The molecule has 11 aromatic rings. The number of nitrogens with zero attached hydrogens (tertiary/aromatic N) is 11. The Labute approximate surface area is 627 Å². The Hall–Kier alpha value is -13.0. The quantitative estimate of drug-likeness (QED) is 0.0248. The highest BCUT2D eigenvalue weighted by Crippen LogP contribution is 2.34. The monoisotopic (exact) mass is 1630 g/mol. The van der Waals surface area contributed by atoms with Crippen LogP contribution in [0.15, 0.2) is 174 Å². The summed E-state index contributed by atoms with van der Waals surface area (Å²) in [5.74, 6) is -3.52. The number of hydrogen-bond acceptors (Lipinski definition) is 23. The second kappa shape index (κ2) is 39.2. The standard InChI is InChI=1S/C20H18F3N3O4.C18H14F3N3O4.C13H14BrN3O3.C10H6F3N3O3.C7H5BF3O3/c1-3-29-19(27)17-18(14-5-4-6-16(11-14)30-20(21,22)23)26(25-24-17)12-13-7-9-15(28-2)10-8-13;1-27-13-7-5-11(6-8-13)10-24-16(15(17(25)26)22-23-24)12-3-2-4-14(9-12)28-18(19,20)21;1-3-20-13(18)11-12(14)17(16-15-11)8-9-4-6-10(19-2)7-5-9;11-10(12,13)19-6-3-1-2-5(4-6)7-8(9(17)18)15-16-14-7;9-7(10,11)13-5-2-1-3-6(4-5)14-8-12/h4-11H,3,12H2,1-2H3;2-9H,10H2,1H3,(H,25,26);4-7H,3,8H2,1-2H3;1-4H,(H,17,18)(H,14,15,16);1-4,12H. The lowest BCUT2D eigenvalue weighted by Crippen LogP contribution is -2.17. The number of esters is 2. The lowest BCUT2D eigenvalue weighted by atomic mass is 10.1. The van der Waals surface area contributed by atoms with Crippen LogP contribution in [0, 0.1) is 0 Å². The van der Waals surface area contributed by atoms with Gasteiger partial charge in [-0.2, -0.15) is 10.3 Å². The SMILES string of the molecule is CCOC(=O)c1nnn(Cc2ccc(OC)cc2)c1-c1cccc(OC(F)(F)F)c1.CCOC(=O)c1nnn(Cc2ccc(OC)cc2)c1Br.COc1ccc(Cn2nnc(C(=O)O)c2-c2cccc(OC(F)(F)F)c2)cc1.O=C(O)c1n[nH]nc1-c1cccc(OC(F)(F)F)c1.O[B]Oc1cccc(OC(F)(F)F)c1. The van der Waals surface area contributed by atoms with Crippen LogP contribution < -0.4 is 37.8 Å². The smallest absolute Gasteiger partial charge is 0.537 e. The molecule has 0 aliphatic heterocycles. The number of aromatic amines is 1. The summed E-state index contributed by atoms with van der Waals surface area (Å²) >= 11 is 3.32. The highest BCUT2D eigenvalue weighted by molar-refractivity contribution is 9.10. The third-order valence-electron chi connectivity index (χ3n) is 13.8. The zero-order chi connectivity index (χ0) is 81.2. The molecule has 4 N–H and O–H groups in total. The third kappa shape index (κ3) is 26.7. The average molecular weight is 1630 g/mol. The zero-order valence-electron chi connectivity index (χ0n) is 57.7. The average Bonchev–Trinajstić information content (AvgIpc) is 1.69. The molecule has 585 valence electrons. The van der Waals surface area contributed by atoms with E-state index in [4.69, 9.17) is 33.8 Å². The van der Waals surface area contributed by atoms with Crippen molar-refractivity contribution in [3.63, 3.8) is 0 Å². The lowest BCUT2D eigenvalue weighted by molar-refractivity contribution is -0.275. The molecule has 7 aromatic carbocycles. The summed E-state index contributed by atoms with van der Waals surface area (Å²) in [7, 11) is 5.06. The number of ether oxygens (including phenoxy) is 9. The van der Waals surface area contributed by atoms with Crippen molar-refractivity contribution in [2.75, 3.05) is 34.5 Å². The number of H-pyrrole nitrogens is 1. The maximum Gasteiger partial charge on any atom is 0.573 e. The number of halogens is 13. The van der Waals surface area contributed by atoms with Crippen molar-refractivity contribution < 1.29 is 134 Å². The lowest BCUT2D eigenvalue weighted by Gasteiger charge is -2.12. The van der Waals surface area contributed by atoms with Crippen LogP contribution in [0.25, 0.3) is 33.8 Å². The second-order valence-corrected chi connectivity index (χ2v) is 22.1. The van der Waals surface area contributed by atoms with E-state index >= 15 is 0 Å². The number of carbonyl (C=O) groups excluding carboxylic acids is 2. The Morgan fingerprint density at radius 1 is 0.423 bits per heavy atom.